The number of nitrogens with zero attached hydrogens (tertiary/aromatic N) is 3. The van der Waals surface area contributed by atoms with Gasteiger partial charge in [0.05, 0.1) is 6.61 Å². The third kappa shape index (κ3) is 3.75. The Balaban J connectivity index is 0.00000225. The SMILES string of the molecule is CCOC(=O)N1CCN(C(=O)c2ccc3n(c2=O)C[C@@H]2CNC[C@H]3C2)CC1.Cl. The Kier molecular flexibility index (Phi) is 6.30. The van der Waals surface area contributed by atoms with Gasteiger partial charge >= 0.3 is 6.09 Å². The average Bonchev–Trinajstić information content (AvgIpc) is 2.69. The average molecular weight is 411 g/mol. The molecule has 154 valence electrons. The molecule has 1 aromatic rings. The van der Waals surface area contributed by atoms with Gasteiger partial charge in [0.1, 0.15) is 5.56 Å². The Hall–Kier alpha value is -2.06. The molecule has 2 bridgehead atoms. The van der Waals surface area contributed by atoms with Crippen LogP contribution in [0.1, 0.15) is 35.3 Å². The molecule has 0 spiro atoms. The maximum Gasteiger partial charge on any atom is 0.409 e. The van der Waals surface area contributed by atoms with E-state index in [0.29, 0.717) is 51.2 Å². The van der Waals surface area contributed by atoms with Gasteiger partial charge in [0.15, 0.2) is 0 Å². The van der Waals surface area contributed by atoms with E-state index < -0.39 is 0 Å². The molecule has 0 unspecified atom stereocenters. The lowest BCUT2D eigenvalue weighted by Gasteiger charge is -2.38. The van der Waals surface area contributed by atoms with E-state index in [9.17, 15) is 14.4 Å². The molecule has 0 aliphatic carbocycles. The first-order valence-electron chi connectivity index (χ1n) is 9.74. The van der Waals surface area contributed by atoms with Crippen molar-refractivity contribution in [3.05, 3.63) is 33.7 Å². The molecule has 0 aromatic carbocycles. The number of halogens is 1. The van der Waals surface area contributed by atoms with Gasteiger partial charge in [-0.1, -0.05) is 0 Å². The van der Waals surface area contributed by atoms with Gasteiger partial charge in [-0.2, -0.15) is 0 Å². The van der Waals surface area contributed by atoms with Gasteiger partial charge in [-0.3, -0.25) is 9.59 Å². The van der Waals surface area contributed by atoms with E-state index in [1.807, 2.05) is 10.6 Å². The van der Waals surface area contributed by atoms with Crippen molar-refractivity contribution in [1.82, 2.24) is 19.7 Å². The second-order valence-corrected chi connectivity index (χ2v) is 7.52. The highest BCUT2D eigenvalue weighted by molar-refractivity contribution is 5.94. The molecule has 3 aliphatic heterocycles. The topological polar surface area (TPSA) is 83.9 Å². The summed E-state index contributed by atoms with van der Waals surface area (Å²) in [6.45, 7) is 6.26. The molecule has 0 radical (unpaired) electrons. The Morgan fingerprint density at radius 1 is 1.14 bits per heavy atom. The maximum absolute atomic E-state index is 13.0. The van der Waals surface area contributed by atoms with Crippen molar-refractivity contribution in [2.45, 2.75) is 25.8 Å². The predicted octanol–water partition coefficient (Wildman–Crippen LogP) is 0.891. The summed E-state index contributed by atoms with van der Waals surface area (Å²) in [4.78, 5) is 41.0. The molecular formula is C19H27ClN4O4. The number of piperazine rings is 1. The third-order valence-corrected chi connectivity index (χ3v) is 5.83. The van der Waals surface area contributed by atoms with Crippen LogP contribution < -0.4 is 10.9 Å². The van der Waals surface area contributed by atoms with Crippen LogP contribution in [-0.2, 0) is 11.3 Å². The lowest BCUT2D eigenvalue weighted by atomic mass is 9.84. The van der Waals surface area contributed by atoms with Crippen LogP contribution in [-0.4, -0.2) is 72.2 Å². The van der Waals surface area contributed by atoms with Gasteiger partial charge in [0, 0.05) is 50.9 Å². The number of aromatic nitrogens is 1. The van der Waals surface area contributed by atoms with Crippen molar-refractivity contribution in [2.24, 2.45) is 5.92 Å². The van der Waals surface area contributed by atoms with E-state index in [0.717, 1.165) is 25.2 Å². The van der Waals surface area contributed by atoms with Crippen LogP contribution in [0.5, 0.6) is 0 Å². The van der Waals surface area contributed by atoms with Gasteiger partial charge in [0.2, 0.25) is 0 Å². The highest BCUT2D eigenvalue weighted by Gasteiger charge is 2.33. The molecule has 0 saturated carbocycles. The van der Waals surface area contributed by atoms with Gasteiger partial charge in [0.25, 0.3) is 11.5 Å². The zero-order valence-electron chi connectivity index (χ0n) is 16.1. The molecule has 4 rings (SSSR count). The maximum atomic E-state index is 13.0. The minimum atomic E-state index is -0.349. The monoisotopic (exact) mass is 410 g/mol. The summed E-state index contributed by atoms with van der Waals surface area (Å²) < 4.78 is 6.81. The molecule has 2 saturated heterocycles. The molecule has 2 fully saturated rings. The number of hydrogen-bond donors (Lipinski definition) is 1. The standard InChI is InChI=1S/C19H26N4O4.ClH/c1-2-27-19(26)22-7-5-21(6-8-22)17(24)15-3-4-16-14-9-13(10-20-11-14)12-23(16)18(15)25;/h3-4,13-14,20H,2,5-12H2,1H3;1H/t13-,14+;/m0./s1. The van der Waals surface area contributed by atoms with Crippen LogP contribution in [0.15, 0.2) is 16.9 Å². The molecule has 2 atom stereocenters. The van der Waals surface area contributed by atoms with Gasteiger partial charge in [-0.15, -0.1) is 12.4 Å². The summed E-state index contributed by atoms with van der Waals surface area (Å²) >= 11 is 0. The highest BCUT2D eigenvalue weighted by atomic mass is 35.5. The number of nitrogens with one attached hydrogen (secondary N) is 1. The fraction of sp³-hybridized carbons (Fsp3) is 0.632. The summed E-state index contributed by atoms with van der Waals surface area (Å²) in [7, 11) is 0. The Morgan fingerprint density at radius 3 is 2.57 bits per heavy atom. The highest BCUT2D eigenvalue weighted by Crippen LogP contribution is 2.31. The van der Waals surface area contributed by atoms with Crippen molar-refractivity contribution in [3.63, 3.8) is 0 Å². The van der Waals surface area contributed by atoms with E-state index in [1.54, 1.807) is 22.8 Å². The van der Waals surface area contributed by atoms with Crippen molar-refractivity contribution in [1.29, 1.82) is 0 Å². The van der Waals surface area contributed by atoms with Gasteiger partial charge in [-0.25, -0.2) is 4.79 Å². The van der Waals surface area contributed by atoms with Crippen molar-refractivity contribution in [3.8, 4) is 0 Å². The lowest BCUT2D eigenvalue weighted by molar-refractivity contribution is 0.0568. The zero-order valence-corrected chi connectivity index (χ0v) is 16.9. The van der Waals surface area contributed by atoms with Crippen LogP contribution in [0.25, 0.3) is 0 Å². The lowest BCUT2D eigenvalue weighted by Crippen LogP contribution is -2.52. The van der Waals surface area contributed by atoms with Crippen LogP contribution >= 0.6 is 12.4 Å². The largest absolute Gasteiger partial charge is 0.450 e. The molecule has 28 heavy (non-hydrogen) atoms. The molecule has 3 aliphatic rings. The summed E-state index contributed by atoms with van der Waals surface area (Å²) in [5.41, 5.74) is 1.09. The molecule has 1 aromatic heterocycles. The molecule has 8 nitrogen and oxygen atoms in total. The summed E-state index contributed by atoms with van der Waals surface area (Å²) in [5.74, 6) is 0.558. The number of carbonyl (C=O) groups is 2. The number of hydrogen-bond acceptors (Lipinski definition) is 5. The van der Waals surface area contributed by atoms with Crippen LogP contribution in [0.4, 0.5) is 4.79 Å². The number of piperidine rings is 1. The predicted molar refractivity (Wildman–Crippen MR) is 106 cm³/mol. The Morgan fingerprint density at radius 2 is 1.86 bits per heavy atom. The quantitative estimate of drug-likeness (QED) is 0.782. The van der Waals surface area contributed by atoms with Crippen LogP contribution in [0.2, 0.25) is 0 Å². The van der Waals surface area contributed by atoms with E-state index in [-0.39, 0.29) is 35.5 Å². The summed E-state index contributed by atoms with van der Waals surface area (Å²) in [5, 5.41) is 3.43. The van der Waals surface area contributed by atoms with E-state index in [1.165, 1.54) is 0 Å². The van der Waals surface area contributed by atoms with Crippen molar-refractivity contribution >= 4 is 24.4 Å². The van der Waals surface area contributed by atoms with Gasteiger partial charge < -0.3 is 24.4 Å². The molecule has 4 heterocycles. The Labute approximate surface area is 170 Å². The first kappa shape index (κ1) is 20.7. The van der Waals surface area contributed by atoms with Crippen LogP contribution in [0.3, 0.4) is 0 Å². The fourth-order valence-electron chi connectivity index (χ4n) is 4.43. The van der Waals surface area contributed by atoms with E-state index >= 15 is 0 Å². The van der Waals surface area contributed by atoms with E-state index in [2.05, 4.69) is 5.32 Å². The normalized spacial score (nSPS) is 23.5. The minimum Gasteiger partial charge on any atom is -0.450 e. The third-order valence-electron chi connectivity index (χ3n) is 5.83. The fourth-order valence-corrected chi connectivity index (χ4v) is 4.43. The molecule has 2 amide bonds. The number of amides is 2. The molecular weight excluding hydrogens is 384 g/mol. The zero-order chi connectivity index (χ0) is 19.0. The smallest absolute Gasteiger partial charge is 0.409 e. The number of rotatable bonds is 2. The molecule has 9 heteroatoms. The number of ether oxygens (including phenoxy) is 1. The first-order chi connectivity index (χ1) is 13.1. The van der Waals surface area contributed by atoms with Crippen molar-refractivity contribution in [2.75, 3.05) is 45.9 Å². The number of carbonyl (C=O) groups excluding carboxylic acids is 2. The van der Waals surface area contributed by atoms with Crippen LogP contribution in [0, 0.1) is 5.92 Å². The first-order valence-corrected chi connectivity index (χ1v) is 9.74. The minimum absolute atomic E-state index is 0. The second-order valence-electron chi connectivity index (χ2n) is 7.52. The van der Waals surface area contributed by atoms with Crippen molar-refractivity contribution < 1.29 is 14.3 Å². The molecule has 1 N–H and O–H groups in total. The number of pyridine rings is 1. The Bertz CT molecular complexity index is 804. The van der Waals surface area contributed by atoms with E-state index in [4.69, 9.17) is 4.74 Å². The van der Waals surface area contributed by atoms with Gasteiger partial charge in [-0.05, 0) is 37.9 Å². The second kappa shape index (κ2) is 8.53. The summed E-state index contributed by atoms with van der Waals surface area (Å²) in [6, 6.07) is 3.63. The summed E-state index contributed by atoms with van der Waals surface area (Å²) in [6.07, 6.45) is 0.758. The number of fused-ring (bicyclic) bond motifs is 4.